The van der Waals surface area contributed by atoms with Gasteiger partial charge in [0.05, 0.1) is 17.6 Å². The molecule has 110 valence electrons. The van der Waals surface area contributed by atoms with Crippen LogP contribution in [0.5, 0.6) is 5.75 Å². The lowest BCUT2D eigenvalue weighted by molar-refractivity contribution is -0.385. The van der Waals surface area contributed by atoms with Gasteiger partial charge in [0.15, 0.2) is 5.75 Å². The van der Waals surface area contributed by atoms with E-state index >= 15 is 0 Å². The van der Waals surface area contributed by atoms with Gasteiger partial charge in [0.25, 0.3) is 0 Å². The zero-order valence-electron chi connectivity index (χ0n) is 11.8. The highest BCUT2D eigenvalue weighted by Gasteiger charge is 2.24. The summed E-state index contributed by atoms with van der Waals surface area (Å²) in [4.78, 5) is 10.5. The third-order valence-electron chi connectivity index (χ3n) is 3.56. The van der Waals surface area contributed by atoms with Crippen molar-refractivity contribution in [1.29, 1.82) is 0 Å². The van der Waals surface area contributed by atoms with E-state index in [9.17, 15) is 10.1 Å². The second-order valence-electron chi connectivity index (χ2n) is 4.88. The van der Waals surface area contributed by atoms with E-state index in [4.69, 9.17) is 9.47 Å². The Morgan fingerprint density at radius 3 is 2.95 bits per heavy atom. The van der Waals surface area contributed by atoms with Crippen LogP contribution in [0.4, 0.5) is 11.4 Å². The van der Waals surface area contributed by atoms with Crippen LogP contribution >= 0.6 is 0 Å². The summed E-state index contributed by atoms with van der Waals surface area (Å²) in [5.74, 6) is 0.777. The first-order valence-corrected chi connectivity index (χ1v) is 6.88. The minimum absolute atomic E-state index is 0.00466. The molecule has 0 saturated carbocycles. The number of nitro groups is 1. The number of anilines is 1. The number of nitrogens with zero attached hydrogens (tertiary/aromatic N) is 1. The van der Waals surface area contributed by atoms with Crippen LogP contribution in [0, 0.1) is 16.0 Å². The van der Waals surface area contributed by atoms with Crippen LogP contribution < -0.4 is 10.1 Å². The van der Waals surface area contributed by atoms with Gasteiger partial charge in [0.2, 0.25) is 0 Å². The average Bonchev–Trinajstić information content (AvgIpc) is 2.82. The Bertz CT molecular complexity index is 478. The third kappa shape index (κ3) is 3.39. The molecule has 0 aromatic heterocycles. The van der Waals surface area contributed by atoms with Crippen LogP contribution in [-0.2, 0) is 4.74 Å². The third-order valence-corrected chi connectivity index (χ3v) is 3.56. The molecule has 1 N–H and O–H groups in total. The highest BCUT2D eigenvalue weighted by atomic mass is 16.6. The smallest absolute Gasteiger partial charge is 0.311 e. The fourth-order valence-corrected chi connectivity index (χ4v) is 2.34. The van der Waals surface area contributed by atoms with E-state index in [1.165, 1.54) is 6.07 Å². The maximum absolute atomic E-state index is 10.9. The molecule has 20 heavy (non-hydrogen) atoms. The van der Waals surface area contributed by atoms with Crippen molar-refractivity contribution >= 4 is 11.4 Å². The monoisotopic (exact) mass is 280 g/mol. The summed E-state index contributed by atoms with van der Waals surface area (Å²) in [6.07, 6.45) is 1.30. The van der Waals surface area contributed by atoms with E-state index in [1.54, 1.807) is 19.1 Å². The molecule has 1 saturated heterocycles. The summed E-state index contributed by atoms with van der Waals surface area (Å²) < 4.78 is 10.8. The van der Waals surface area contributed by atoms with Gasteiger partial charge in [-0.25, -0.2) is 0 Å². The van der Waals surface area contributed by atoms with Gasteiger partial charge >= 0.3 is 5.69 Å². The van der Waals surface area contributed by atoms with Crippen molar-refractivity contribution in [3.8, 4) is 5.75 Å². The maximum atomic E-state index is 10.9. The topological polar surface area (TPSA) is 73.6 Å². The summed E-state index contributed by atoms with van der Waals surface area (Å²) in [7, 11) is 0. The Balaban J connectivity index is 2.04. The van der Waals surface area contributed by atoms with E-state index in [0.717, 1.165) is 25.3 Å². The minimum Gasteiger partial charge on any atom is -0.487 e. The highest BCUT2D eigenvalue weighted by Crippen LogP contribution is 2.30. The molecule has 2 rings (SSSR count). The van der Waals surface area contributed by atoms with Crippen LogP contribution in [0.15, 0.2) is 18.2 Å². The fourth-order valence-electron chi connectivity index (χ4n) is 2.34. The van der Waals surface area contributed by atoms with Crippen LogP contribution in [-0.4, -0.2) is 30.8 Å². The zero-order chi connectivity index (χ0) is 14.5. The van der Waals surface area contributed by atoms with Gasteiger partial charge in [-0.3, -0.25) is 10.1 Å². The fraction of sp³-hybridized carbons (Fsp3) is 0.571. The zero-order valence-corrected chi connectivity index (χ0v) is 11.8. The summed E-state index contributed by atoms with van der Waals surface area (Å²) in [5, 5.41) is 14.2. The Hall–Kier alpha value is -1.82. The first kappa shape index (κ1) is 14.6. The van der Waals surface area contributed by atoms with Gasteiger partial charge in [0, 0.05) is 36.9 Å². The molecule has 1 aromatic carbocycles. The molecule has 1 aromatic rings. The predicted octanol–water partition coefficient (Wildman–Crippen LogP) is 2.83. The van der Waals surface area contributed by atoms with Crippen molar-refractivity contribution in [1.82, 2.24) is 0 Å². The second kappa shape index (κ2) is 6.56. The molecule has 6 nitrogen and oxygen atoms in total. The quantitative estimate of drug-likeness (QED) is 0.640. The largest absolute Gasteiger partial charge is 0.487 e. The standard InChI is InChI=1S/C14H20N2O4/c1-3-19-14-8-12(4-5-13(14)16(17)18)15-9-11-6-7-20-10(11)2/h4-5,8,10-11,15H,3,6-7,9H2,1-2H3. The minimum atomic E-state index is -0.429. The van der Waals surface area contributed by atoms with Crippen molar-refractivity contribution in [2.45, 2.75) is 26.4 Å². The molecule has 2 unspecified atom stereocenters. The van der Waals surface area contributed by atoms with Crippen molar-refractivity contribution in [3.05, 3.63) is 28.3 Å². The number of rotatable bonds is 6. The number of benzene rings is 1. The van der Waals surface area contributed by atoms with Gasteiger partial charge in [-0.2, -0.15) is 0 Å². The van der Waals surface area contributed by atoms with E-state index in [2.05, 4.69) is 12.2 Å². The van der Waals surface area contributed by atoms with Crippen LogP contribution in [0.2, 0.25) is 0 Å². The number of ether oxygens (including phenoxy) is 2. The van der Waals surface area contributed by atoms with E-state index in [0.29, 0.717) is 18.3 Å². The molecule has 0 amide bonds. The molecule has 1 heterocycles. The van der Waals surface area contributed by atoms with Crippen molar-refractivity contribution < 1.29 is 14.4 Å². The highest BCUT2D eigenvalue weighted by molar-refractivity contribution is 5.58. The van der Waals surface area contributed by atoms with Crippen LogP contribution in [0.1, 0.15) is 20.3 Å². The summed E-state index contributed by atoms with van der Waals surface area (Å²) in [6, 6.07) is 4.87. The molecule has 1 aliphatic heterocycles. The molecule has 1 aliphatic rings. The Morgan fingerprint density at radius 1 is 1.55 bits per heavy atom. The SMILES string of the molecule is CCOc1cc(NCC2CCOC2C)ccc1[N+](=O)[O-]. The lowest BCUT2D eigenvalue weighted by Gasteiger charge is -2.16. The lowest BCUT2D eigenvalue weighted by Crippen LogP contribution is -2.20. The number of hydrogen-bond donors (Lipinski definition) is 1. The summed E-state index contributed by atoms with van der Waals surface area (Å²) in [6.45, 7) is 5.88. The molecule has 1 fully saturated rings. The molecular formula is C14H20N2O4. The molecule has 6 heteroatoms. The van der Waals surface area contributed by atoms with Crippen molar-refractivity contribution in [3.63, 3.8) is 0 Å². The number of nitro benzene ring substituents is 1. The predicted molar refractivity (Wildman–Crippen MR) is 76.3 cm³/mol. The number of nitrogens with one attached hydrogen (secondary N) is 1. The molecule has 2 atom stereocenters. The van der Waals surface area contributed by atoms with Gasteiger partial charge in [0.1, 0.15) is 0 Å². The first-order valence-electron chi connectivity index (χ1n) is 6.88. The van der Waals surface area contributed by atoms with E-state index < -0.39 is 4.92 Å². The first-order chi connectivity index (χ1) is 9.61. The van der Waals surface area contributed by atoms with Gasteiger partial charge in [-0.15, -0.1) is 0 Å². The van der Waals surface area contributed by atoms with E-state index in [1.807, 2.05) is 0 Å². The molecule has 0 radical (unpaired) electrons. The van der Waals surface area contributed by atoms with Crippen LogP contribution in [0.3, 0.4) is 0 Å². The summed E-state index contributed by atoms with van der Waals surface area (Å²) in [5.41, 5.74) is 0.827. The van der Waals surface area contributed by atoms with Crippen molar-refractivity contribution in [2.24, 2.45) is 5.92 Å². The van der Waals surface area contributed by atoms with Gasteiger partial charge in [-0.05, 0) is 26.3 Å². The Kier molecular flexibility index (Phi) is 4.79. The van der Waals surface area contributed by atoms with Crippen molar-refractivity contribution in [2.75, 3.05) is 25.1 Å². The van der Waals surface area contributed by atoms with E-state index in [-0.39, 0.29) is 11.8 Å². The molecule has 0 bridgehead atoms. The van der Waals surface area contributed by atoms with Crippen LogP contribution in [0.25, 0.3) is 0 Å². The molecular weight excluding hydrogens is 260 g/mol. The normalized spacial score (nSPS) is 21.7. The van der Waals surface area contributed by atoms with Gasteiger partial charge < -0.3 is 14.8 Å². The average molecular weight is 280 g/mol. The second-order valence-corrected chi connectivity index (χ2v) is 4.88. The Labute approximate surface area is 118 Å². The lowest BCUT2D eigenvalue weighted by atomic mass is 10.0. The number of hydrogen-bond acceptors (Lipinski definition) is 5. The summed E-state index contributed by atoms with van der Waals surface area (Å²) >= 11 is 0. The maximum Gasteiger partial charge on any atom is 0.311 e. The molecule has 0 spiro atoms. The van der Waals surface area contributed by atoms with Gasteiger partial charge in [-0.1, -0.05) is 0 Å². The Morgan fingerprint density at radius 2 is 2.35 bits per heavy atom. The molecule has 0 aliphatic carbocycles.